The highest BCUT2D eigenvalue weighted by Crippen LogP contribution is 2.28. The van der Waals surface area contributed by atoms with E-state index in [0.29, 0.717) is 15.9 Å². The van der Waals surface area contributed by atoms with E-state index in [1.165, 1.54) is 26.7 Å². The highest BCUT2D eigenvalue weighted by atomic mass is 79.9. The molecule has 35 heavy (non-hydrogen) atoms. The lowest BCUT2D eigenvalue weighted by Crippen LogP contribution is -2.10. The standard InChI is InChI=1S/C21H16BrN5O8/c1-30-20(28)14-7-34-18(26-14)12-5-32-16(24-12)10-3-9(22)4-11(23-10)17-25-13(6-33-17)19-27-15(8-35-19)21(29)31-2/h3-4,7-8,12-13H,5-6H2,1-2H3. The van der Waals surface area contributed by atoms with E-state index in [2.05, 4.69) is 50.3 Å². The molecule has 0 aliphatic carbocycles. The van der Waals surface area contributed by atoms with Gasteiger partial charge in [-0.1, -0.05) is 15.9 Å². The molecule has 0 spiro atoms. The average molecular weight is 546 g/mol. The maximum Gasteiger partial charge on any atom is 0.360 e. The molecule has 5 rings (SSSR count). The van der Waals surface area contributed by atoms with Gasteiger partial charge >= 0.3 is 11.9 Å². The fourth-order valence-electron chi connectivity index (χ4n) is 3.28. The van der Waals surface area contributed by atoms with Crippen LogP contribution >= 0.6 is 15.9 Å². The number of aromatic nitrogens is 3. The SMILES string of the molecule is COC(=O)c1coc(C2COC(c3cc(Br)cc(C4=NC(c5nc(C(=O)OC)co5)CO4)n3)=N2)n1. The molecule has 0 bridgehead atoms. The summed E-state index contributed by atoms with van der Waals surface area (Å²) in [4.78, 5) is 44.9. The second-order valence-electron chi connectivity index (χ2n) is 7.20. The van der Waals surface area contributed by atoms with Crippen LogP contribution in [0.4, 0.5) is 0 Å². The van der Waals surface area contributed by atoms with Gasteiger partial charge in [-0.3, -0.25) is 0 Å². The van der Waals surface area contributed by atoms with Crippen LogP contribution < -0.4 is 0 Å². The van der Waals surface area contributed by atoms with Crippen LogP contribution in [0.25, 0.3) is 0 Å². The number of aliphatic imine (C=N–C) groups is 2. The summed E-state index contributed by atoms with van der Waals surface area (Å²) in [7, 11) is 2.51. The Hall–Kier alpha value is -4.07. The van der Waals surface area contributed by atoms with E-state index in [4.69, 9.17) is 18.3 Å². The lowest BCUT2D eigenvalue weighted by Gasteiger charge is -2.05. The maximum atomic E-state index is 11.6. The minimum atomic E-state index is -0.608. The summed E-state index contributed by atoms with van der Waals surface area (Å²) in [5, 5.41) is 0. The quantitative estimate of drug-likeness (QED) is 0.418. The number of carbonyl (C=O) groups excluding carboxylic acids is 2. The van der Waals surface area contributed by atoms with Crippen molar-refractivity contribution in [3.8, 4) is 0 Å². The summed E-state index contributed by atoms with van der Waals surface area (Å²) in [5.41, 5.74) is 0.945. The second-order valence-corrected chi connectivity index (χ2v) is 8.12. The van der Waals surface area contributed by atoms with Crippen LogP contribution in [-0.2, 0) is 18.9 Å². The third kappa shape index (κ3) is 4.51. The van der Waals surface area contributed by atoms with Gasteiger partial charge in [0.15, 0.2) is 23.5 Å². The first kappa shape index (κ1) is 22.7. The summed E-state index contributed by atoms with van der Waals surface area (Å²) in [5.74, 6) is -0.244. The minimum Gasteiger partial charge on any atom is -0.474 e. The molecule has 2 atom stereocenters. The number of pyridine rings is 1. The highest BCUT2D eigenvalue weighted by molar-refractivity contribution is 9.10. The van der Waals surface area contributed by atoms with Crippen molar-refractivity contribution in [2.24, 2.45) is 9.98 Å². The largest absolute Gasteiger partial charge is 0.474 e. The van der Waals surface area contributed by atoms with Crippen molar-refractivity contribution in [3.63, 3.8) is 0 Å². The van der Waals surface area contributed by atoms with Gasteiger partial charge in [-0.25, -0.2) is 34.5 Å². The number of esters is 2. The molecule has 2 unspecified atom stereocenters. The molecule has 0 saturated heterocycles. The normalized spacial score (nSPS) is 18.9. The molecule has 180 valence electrons. The van der Waals surface area contributed by atoms with Gasteiger partial charge in [0.1, 0.15) is 37.1 Å². The molecule has 13 nitrogen and oxygen atoms in total. The van der Waals surface area contributed by atoms with Crippen LogP contribution in [0.5, 0.6) is 0 Å². The smallest absolute Gasteiger partial charge is 0.360 e. The van der Waals surface area contributed by atoms with E-state index in [0.717, 1.165) is 0 Å². The van der Waals surface area contributed by atoms with Crippen LogP contribution in [0.3, 0.4) is 0 Å². The van der Waals surface area contributed by atoms with Crippen molar-refractivity contribution in [1.29, 1.82) is 0 Å². The molecule has 0 amide bonds. The Labute approximate surface area is 205 Å². The van der Waals surface area contributed by atoms with Crippen molar-refractivity contribution in [3.05, 3.63) is 63.7 Å². The van der Waals surface area contributed by atoms with Gasteiger partial charge in [0, 0.05) is 4.47 Å². The zero-order valence-corrected chi connectivity index (χ0v) is 19.8. The minimum absolute atomic E-state index is 0.0460. The molecule has 2 aliphatic heterocycles. The van der Waals surface area contributed by atoms with Crippen molar-refractivity contribution in [2.45, 2.75) is 12.1 Å². The monoisotopic (exact) mass is 545 g/mol. The number of methoxy groups -OCH3 is 2. The first-order valence-corrected chi connectivity index (χ1v) is 10.9. The fraction of sp³-hybridized carbons (Fsp3) is 0.286. The summed E-state index contributed by atoms with van der Waals surface area (Å²) in [6.45, 7) is 0.318. The lowest BCUT2D eigenvalue weighted by molar-refractivity contribution is 0.0585. The number of hydrogen-bond acceptors (Lipinski definition) is 13. The summed E-state index contributed by atoms with van der Waals surface area (Å²) in [6, 6.07) is 2.35. The molecule has 2 aliphatic rings. The van der Waals surface area contributed by atoms with Crippen LogP contribution in [0, 0.1) is 0 Å². The van der Waals surface area contributed by atoms with E-state index >= 15 is 0 Å². The lowest BCUT2D eigenvalue weighted by atomic mass is 10.3. The van der Waals surface area contributed by atoms with Crippen LogP contribution in [0.2, 0.25) is 0 Å². The summed E-state index contributed by atoms with van der Waals surface area (Å²) < 4.78 is 32.1. The fourth-order valence-corrected chi connectivity index (χ4v) is 3.71. The molecule has 0 radical (unpaired) electrons. The number of rotatable bonds is 6. The Kier molecular flexibility index (Phi) is 6.03. The van der Waals surface area contributed by atoms with Gasteiger partial charge in [-0.2, -0.15) is 0 Å². The zero-order valence-electron chi connectivity index (χ0n) is 18.3. The van der Waals surface area contributed by atoms with E-state index in [1.807, 2.05) is 0 Å². The molecular formula is C21H16BrN5O8. The van der Waals surface area contributed by atoms with E-state index < -0.39 is 24.0 Å². The average Bonchev–Trinajstić information content (AvgIpc) is 3.68. The first-order valence-electron chi connectivity index (χ1n) is 10.1. The van der Waals surface area contributed by atoms with E-state index in [9.17, 15) is 9.59 Å². The van der Waals surface area contributed by atoms with Gasteiger partial charge in [0.25, 0.3) is 0 Å². The van der Waals surface area contributed by atoms with Gasteiger partial charge in [0.2, 0.25) is 23.6 Å². The molecule has 0 N–H and O–H groups in total. The summed E-state index contributed by atoms with van der Waals surface area (Å²) in [6.07, 6.45) is 2.41. The number of oxazole rings is 2. The molecule has 5 heterocycles. The van der Waals surface area contributed by atoms with Crippen LogP contribution in [0.1, 0.15) is 56.2 Å². The molecule has 3 aromatic rings. The van der Waals surface area contributed by atoms with Crippen molar-refractivity contribution in [2.75, 3.05) is 27.4 Å². The third-order valence-corrected chi connectivity index (χ3v) is 5.39. The van der Waals surface area contributed by atoms with Gasteiger partial charge in [-0.15, -0.1) is 0 Å². The molecule has 14 heteroatoms. The molecule has 3 aromatic heterocycles. The Bertz CT molecular complexity index is 1260. The van der Waals surface area contributed by atoms with E-state index in [1.54, 1.807) is 12.1 Å². The third-order valence-electron chi connectivity index (χ3n) is 4.93. The Morgan fingerprint density at radius 3 is 1.71 bits per heavy atom. The highest BCUT2D eigenvalue weighted by Gasteiger charge is 2.30. The van der Waals surface area contributed by atoms with Crippen molar-refractivity contribution >= 4 is 39.7 Å². The van der Waals surface area contributed by atoms with Gasteiger partial charge in [-0.05, 0) is 12.1 Å². The number of nitrogens with zero attached hydrogens (tertiary/aromatic N) is 5. The van der Waals surface area contributed by atoms with Crippen molar-refractivity contribution < 1.29 is 37.4 Å². The zero-order chi connectivity index (χ0) is 24.5. The Morgan fingerprint density at radius 2 is 1.29 bits per heavy atom. The van der Waals surface area contributed by atoms with Crippen LogP contribution in [-0.4, -0.2) is 66.1 Å². The first-order chi connectivity index (χ1) is 16.9. The number of carbonyl (C=O) groups is 2. The molecular weight excluding hydrogens is 530 g/mol. The molecule has 0 aromatic carbocycles. The predicted octanol–water partition coefficient (Wildman–Crippen LogP) is 2.43. The molecule has 0 saturated carbocycles. The molecule has 0 fully saturated rings. The van der Waals surface area contributed by atoms with Gasteiger partial charge < -0.3 is 27.8 Å². The Morgan fingerprint density at radius 1 is 0.829 bits per heavy atom. The number of hydrogen-bond donors (Lipinski definition) is 0. The summed E-state index contributed by atoms with van der Waals surface area (Å²) >= 11 is 3.46. The second kappa shape index (κ2) is 9.29. The topological polar surface area (TPSA) is 161 Å². The van der Waals surface area contributed by atoms with Gasteiger partial charge in [0.05, 0.1) is 14.2 Å². The number of halogens is 1. The predicted molar refractivity (Wildman–Crippen MR) is 118 cm³/mol. The van der Waals surface area contributed by atoms with E-state index in [-0.39, 0.29) is 48.2 Å². The van der Waals surface area contributed by atoms with Crippen molar-refractivity contribution in [1.82, 2.24) is 15.0 Å². The Balaban J connectivity index is 1.36. The van der Waals surface area contributed by atoms with Crippen LogP contribution in [0.15, 0.2) is 48.0 Å². The number of ether oxygens (including phenoxy) is 4. The maximum absolute atomic E-state index is 11.6.